The number of anilines is 1. The van der Waals surface area contributed by atoms with E-state index in [0.29, 0.717) is 39.2 Å². The molecule has 1 atom stereocenters. The van der Waals surface area contributed by atoms with Gasteiger partial charge in [0.05, 0.1) is 11.9 Å². The maximum absolute atomic E-state index is 12.7. The fraction of sp³-hybridized carbons (Fsp3) is 0.500. The van der Waals surface area contributed by atoms with Crippen LogP contribution >= 0.6 is 11.3 Å². The predicted octanol–water partition coefficient (Wildman–Crippen LogP) is 5.06. The van der Waals surface area contributed by atoms with E-state index < -0.39 is 11.9 Å². The highest BCUT2D eigenvalue weighted by Gasteiger charge is 2.32. The first-order valence-electron chi connectivity index (χ1n) is 11.3. The highest BCUT2D eigenvalue weighted by atomic mass is 32.1. The number of hydrogen-bond donors (Lipinski definition) is 0. The second kappa shape index (κ2) is 9.10. The minimum absolute atomic E-state index is 0.0412. The number of ether oxygens (including phenoxy) is 1. The number of halogens is 3. The first-order chi connectivity index (χ1) is 16.7. The number of piperidine rings is 1. The van der Waals surface area contributed by atoms with E-state index in [2.05, 4.69) is 30.1 Å². The normalized spacial score (nSPS) is 16.4. The highest BCUT2D eigenvalue weighted by Crippen LogP contribution is 2.32. The van der Waals surface area contributed by atoms with Crippen LogP contribution in [0.2, 0.25) is 0 Å². The number of rotatable bonds is 6. The quantitative estimate of drug-likeness (QED) is 0.357. The molecule has 5 heterocycles. The van der Waals surface area contributed by atoms with Gasteiger partial charge >= 0.3 is 12.2 Å². The number of nitrogens with zero attached hydrogens (tertiary/aromatic N) is 7. The number of alkyl halides is 3. The predicted molar refractivity (Wildman–Crippen MR) is 123 cm³/mol. The summed E-state index contributed by atoms with van der Waals surface area (Å²) in [5.74, 6) is 1.29. The van der Waals surface area contributed by atoms with E-state index in [4.69, 9.17) is 9.26 Å². The molecule has 0 N–H and O–H groups in total. The molecular weight excluding hydrogens is 483 g/mol. The van der Waals surface area contributed by atoms with E-state index in [9.17, 15) is 13.2 Å². The second-order valence-corrected chi connectivity index (χ2v) is 9.81. The topological polar surface area (TPSA) is 94.5 Å². The molecule has 1 aliphatic heterocycles. The standard InChI is InChI=1S/C22H24F3N7O2S/c1-12(2)18-28-19(34-30-18)31-8-6-14(7-9-31)13(3)33-21-29-32-11-16(27-20(32)35-21)15-4-5-17(26-10-15)22(23,24)25/h4-5,10-14H,6-9H2,1-3H3/t13-/m0/s1. The molecule has 0 aromatic carbocycles. The van der Waals surface area contributed by atoms with Crippen molar-refractivity contribution in [1.29, 1.82) is 0 Å². The molecule has 9 nitrogen and oxygen atoms in total. The summed E-state index contributed by atoms with van der Waals surface area (Å²) in [6, 6.07) is 2.87. The lowest BCUT2D eigenvalue weighted by Gasteiger charge is -2.33. The molecule has 0 amide bonds. The molecule has 0 bridgehead atoms. The van der Waals surface area contributed by atoms with Crippen molar-refractivity contribution in [3.8, 4) is 16.5 Å². The number of pyridine rings is 1. The van der Waals surface area contributed by atoms with Crippen molar-refractivity contribution in [1.82, 2.24) is 29.7 Å². The van der Waals surface area contributed by atoms with Gasteiger partial charge in [-0.05, 0) is 49.2 Å². The zero-order valence-corrected chi connectivity index (χ0v) is 20.2. The summed E-state index contributed by atoms with van der Waals surface area (Å²) in [5.41, 5.74) is 0.0481. The van der Waals surface area contributed by atoms with Gasteiger partial charge in [0.1, 0.15) is 11.8 Å². The Morgan fingerprint density at radius 3 is 2.51 bits per heavy atom. The molecule has 4 aromatic rings. The van der Waals surface area contributed by atoms with E-state index in [-0.39, 0.29) is 12.0 Å². The Bertz CT molecular complexity index is 1260. The van der Waals surface area contributed by atoms with Crippen molar-refractivity contribution in [2.24, 2.45) is 5.92 Å². The first kappa shape index (κ1) is 23.5. The van der Waals surface area contributed by atoms with Crippen LogP contribution in [0.5, 0.6) is 5.19 Å². The van der Waals surface area contributed by atoms with Gasteiger partial charge in [-0.15, -0.1) is 5.10 Å². The molecule has 0 radical (unpaired) electrons. The number of hydrogen-bond acceptors (Lipinski definition) is 9. The average Bonchev–Trinajstić information content (AvgIpc) is 3.54. The molecular formula is C22H24F3N7O2S. The Balaban J connectivity index is 1.19. The van der Waals surface area contributed by atoms with Gasteiger partial charge in [0.15, 0.2) is 5.82 Å². The highest BCUT2D eigenvalue weighted by molar-refractivity contribution is 7.18. The van der Waals surface area contributed by atoms with Gasteiger partial charge in [-0.2, -0.15) is 18.2 Å². The average molecular weight is 508 g/mol. The molecule has 13 heteroatoms. The largest absolute Gasteiger partial charge is 0.466 e. The lowest BCUT2D eigenvalue weighted by atomic mass is 9.92. The van der Waals surface area contributed by atoms with Crippen LogP contribution in [-0.2, 0) is 6.18 Å². The zero-order chi connectivity index (χ0) is 24.7. The lowest BCUT2D eigenvalue weighted by molar-refractivity contribution is -0.141. The van der Waals surface area contributed by atoms with E-state index >= 15 is 0 Å². The van der Waals surface area contributed by atoms with Crippen molar-refractivity contribution < 1.29 is 22.4 Å². The minimum Gasteiger partial charge on any atom is -0.466 e. The fourth-order valence-corrected chi connectivity index (χ4v) is 4.80. The van der Waals surface area contributed by atoms with Gasteiger partial charge in [0.2, 0.25) is 4.96 Å². The van der Waals surface area contributed by atoms with Crippen molar-refractivity contribution in [3.63, 3.8) is 0 Å². The molecule has 1 saturated heterocycles. The van der Waals surface area contributed by atoms with Crippen LogP contribution in [0.3, 0.4) is 0 Å². The van der Waals surface area contributed by atoms with Crippen molar-refractivity contribution >= 4 is 22.3 Å². The smallest absolute Gasteiger partial charge is 0.433 e. The van der Waals surface area contributed by atoms with Crippen LogP contribution < -0.4 is 9.64 Å². The number of imidazole rings is 1. The third-order valence-corrected chi connectivity index (χ3v) is 6.90. The monoisotopic (exact) mass is 507 g/mol. The molecule has 1 aliphatic rings. The van der Waals surface area contributed by atoms with Gasteiger partial charge in [-0.3, -0.25) is 4.98 Å². The van der Waals surface area contributed by atoms with Crippen molar-refractivity contribution in [2.45, 2.75) is 51.8 Å². The Morgan fingerprint density at radius 1 is 1.14 bits per heavy atom. The Hall–Kier alpha value is -3.22. The summed E-state index contributed by atoms with van der Waals surface area (Å²) in [6.07, 6.45) is 0.155. The van der Waals surface area contributed by atoms with E-state index in [1.54, 1.807) is 10.7 Å². The van der Waals surface area contributed by atoms with Crippen LogP contribution in [0.15, 0.2) is 29.0 Å². The molecule has 5 rings (SSSR count). The molecule has 0 aliphatic carbocycles. The molecule has 35 heavy (non-hydrogen) atoms. The van der Waals surface area contributed by atoms with Crippen LogP contribution in [0.25, 0.3) is 16.2 Å². The first-order valence-corrected chi connectivity index (χ1v) is 12.1. The van der Waals surface area contributed by atoms with Gasteiger partial charge < -0.3 is 14.2 Å². The third kappa shape index (κ3) is 4.95. The van der Waals surface area contributed by atoms with Gasteiger partial charge in [0.25, 0.3) is 5.19 Å². The Labute approximate surface area is 202 Å². The summed E-state index contributed by atoms with van der Waals surface area (Å²) in [6.45, 7) is 7.71. The summed E-state index contributed by atoms with van der Waals surface area (Å²) in [5, 5.41) is 8.98. The Kier molecular flexibility index (Phi) is 6.11. The summed E-state index contributed by atoms with van der Waals surface area (Å²) < 4.78 is 51.3. The maximum Gasteiger partial charge on any atom is 0.433 e. The van der Waals surface area contributed by atoms with Crippen molar-refractivity contribution in [3.05, 3.63) is 36.0 Å². The van der Waals surface area contributed by atoms with E-state index in [1.807, 2.05) is 20.8 Å². The number of fused-ring (bicyclic) bond motifs is 1. The summed E-state index contributed by atoms with van der Waals surface area (Å²) >= 11 is 1.29. The van der Waals surface area contributed by atoms with Gasteiger partial charge in [0, 0.05) is 30.8 Å². The molecule has 4 aromatic heterocycles. The van der Waals surface area contributed by atoms with E-state index in [0.717, 1.165) is 32.0 Å². The maximum atomic E-state index is 12.7. The lowest BCUT2D eigenvalue weighted by Crippen LogP contribution is -2.38. The van der Waals surface area contributed by atoms with E-state index in [1.165, 1.54) is 23.6 Å². The molecule has 0 spiro atoms. The van der Waals surface area contributed by atoms with Crippen LogP contribution in [-0.4, -0.2) is 48.9 Å². The molecule has 186 valence electrons. The van der Waals surface area contributed by atoms with Crippen molar-refractivity contribution in [2.75, 3.05) is 18.0 Å². The minimum atomic E-state index is -4.47. The Morgan fingerprint density at radius 2 is 1.91 bits per heavy atom. The summed E-state index contributed by atoms with van der Waals surface area (Å²) in [7, 11) is 0. The third-order valence-electron chi connectivity index (χ3n) is 6.08. The zero-order valence-electron chi connectivity index (χ0n) is 19.4. The number of aromatic nitrogens is 6. The molecule has 0 saturated carbocycles. The SMILES string of the molecule is CC(C)c1noc(N2CCC([C@H](C)Oc3nn4cc(-c5ccc(C(F)(F)F)nc5)nc4s3)CC2)n1. The fourth-order valence-electron chi connectivity index (χ4n) is 3.99. The molecule has 1 fully saturated rings. The van der Waals surface area contributed by atoms with Gasteiger partial charge in [-0.1, -0.05) is 19.0 Å². The van der Waals surface area contributed by atoms with Crippen LogP contribution in [0.4, 0.5) is 19.2 Å². The van der Waals surface area contributed by atoms with Crippen LogP contribution in [0.1, 0.15) is 51.0 Å². The summed E-state index contributed by atoms with van der Waals surface area (Å²) in [4.78, 5) is 15.1. The second-order valence-electron chi connectivity index (χ2n) is 8.89. The molecule has 0 unspecified atom stereocenters. The van der Waals surface area contributed by atoms with Crippen LogP contribution in [0, 0.1) is 5.92 Å². The van der Waals surface area contributed by atoms with Gasteiger partial charge in [-0.25, -0.2) is 9.50 Å².